The van der Waals surface area contributed by atoms with E-state index in [1.54, 1.807) is 4.68 Å². The van der Waals surface area contributed by atoms with E-state index in [9.17, 15) is 0 Å². The SMILES string of the molecule is CC(C)C(C)(CNC(C)(C)C)Cc1cn(C)nn1. The summed E-state index contributed by atoms with van der Waals surface area (Å²) in [4.78, 5) is 0. The zero-order chi connectivity index (χ0) is 14.0. The number of hydrogen-bond donors (Lipinski definition) is 1. The van der Waals surface area contributed by atoms with E-state index < -0.39 is 0 Å². The molecule has 4 nitrogen and oxygen atoms in total. The van der Waals surface area contributed by atoms with Crippen LogP contribution < -0.4 is 5.32 Å². The summed E-state index contributed by atoms with van der Waals surface area (Å²) in [7, 11) is 1.91. The Morgan fingerprint density at radius 3 is 2.28 bits per heavy atom. The molecule has 0 fully saturated rings. The fraction of sp³-hybridized carbons (Fsp3) is 0.857. The molecule has 0 aliphatic carbocycles. The van der Waals surface area contributed by atoms with Crippen molar-refractivity contribution in [2.45, 2.75) is 53.5 Å². The van der Waals surface area contributed by atoms with Crippen LogP contribution in [0.4, 0.5) is 0 Å². The second kappa shape index (κ2) is 5.39. The quantitative estimate of drug-likeness (QED) is 0.875. The van der Waals surface area contributed by atoms with Crippen LogP contribution in [0.2, 0.25) is 0 Å². The molecule has 0 bridgehead atoms. The van der Waals surface area contributed by atoms with Crippen LogP contribution in [0.25, 0.3) is 0 Å². The number of hydrogen-bond acceptors (Lipinski definition) is 3. The fourth-order valence-electron chi connectivity index (χ4n) is 1.83. The third-order valence-electron chi connectivity index (χ3n) is 3.65. The van der Waals surface area contributed by atoms with Crippen LogP contribution in [0.15, 0.2) is 6.20 Å². The summed E-state index contributed by atoms with van der Waals surface area (Å²) in [6.45, 7) is 14.5. The average molecular weight is 252 g/mol. The highest BCUT2D eigenvalue weighted by Gasteiger charge is 2.30. The zero-order valence-electron chi connectivity index (χ0n) is 12.9. The minimum Gasteiger partial charge on any atom is -0.312 e. The van der Waals surface area contributed by atoms with Crippen molar-refractivity contribution in [3.05, 3.63) is 11.9 Å². The van der Waals surface area contributed by atoms with Gasteiger partial charge in [-0.2, -0.15) is 0 Å². The smallest absolute Gasteiger partial charge is 0.0833 e. The van der Waals surface area contributed by atoms with E-state index in [-0.39, 0.29) is 11.0 Å². The number of aromatic nitrogens is 3. The minimum atomic E-state index is 0.151. The van der Waals surface area contributed by atoms with Crippen LogP contribution in [-0.2, 0) is 13.5 Å². The number of nitrogens with one attached hydrogen (secondary N) is 1. The molecule has 104 valence electrons. The minimum absolute atomic E-state index is 0.151. The summed E-state index contributed by atoms with van der Waals surface area (Å²) in [5.41, 5.74) is 1.42. The molecular weight excluding hydrogens is 224 g/mol. The standard InChI is InChI=1S/C14H28N4/c1-11(2)14(6,10-15-13(3,4)5)8-12-9-18(7)17-16-12/h9,11,15H,8,10H2,1-7H3. The van der Waals surface area contributed by atoms with Gasteiger partial charge in [-0.05, 0) is 38.5 Å². The Bertz CT molecular complexity index is 375. The molecule has 0 aliphatic rings. The normalized spacial score (nSPS) is 16.0. The van der Waals surface area contributed by atoms with Crippen molar-refractivity contribution in [3.8, 4) is 0 Å². The molecule has 1 unspecified atom stereocenters. The first kappa shape index (κ1) is 15.2. The van der Waals surface area contributed by atoms with Crippen molar-refractivity contribution in [1.29, 1.82) is 0 Å². The Kier molecular flexibility index (Phi) is 4.54. The maximum atomic E-state index is 4.21. The molecule has 1 N–H and O–H groups in total. The predicted octanol–water partition coefficient (Wildman–Crippen LogP) is 2.41. The highest BCUT2D eigenvalue weighted by molar-refractivity contribution is 4.99. The van der Waals surface area contributed by atoms with E-state index in [1.807, 2.05) is 13.2 Å². The molecule has 0 aliphatic heterocycles. The van der Waals surface area contributed by atoms with Crippen LogP contribution in [0.3, 0.4) is 0 Å². The molecule has 4 heteroatoms. The largest absolute Gasteiger partial charge is 0.312 e. The van der Waals surface area contributed by atoms with Gasteiger partial charge in [0, 0.05) is 25.3 Å². The Morgan fingerprint density at radius 1 is 1.28 bits per heavy atom. The third kappa shape index (κ3) is 4.41. The van der Waals surface area contributed by atoms with Gasteiger partial charge >= 0.3 is 0 Å². The lowest BCUT2D eigenvalue weighted by Crippen LogP contribution is -2.45. The summed E-state index contributed by atoms with van der Waals surface area (Å²) >= 11 is 0. The molecule has 1 aromatic heterocycles. The lowest BCUT2D eigenvalue weighted by Gasteiger charge is -2.36. The van der Waals surface area contributed by atoms with Gasteiger partial charge in [-0.1, -0.05) is 26.0 Å². The second-order valence-corrected chi connectivity index (χ2v) is 6.97. The molecule has 0 aromatic carbocycles. The number of nitrogens with zero attached hydrogens (tertiary/aromatic N) is 3. The summed E-state index contributed by atoms with van der Waals surface area (Å²) in [6, 6.07) is 0. The van der Waals surface area contributed by atoms with Gasteiger partial charge < -0.3 is 5.32 Å². The van der Waals surface area contributed by atoms with Crippen LogP contribution >= 0.6 is 0 Å². The zero-order valence-corrected chi connectivity index (χ0v) is 12.9. The Balaban J connectivity index is 2.74. The Labute approximate surface area is 111 Å². The monoisotopic (exact) mass is 252 g/mol. The van der Waals surface area contributed by atoms with Gasteiger partial charge in [0.2, 0.25) is 0 Å². The molecule has 0 saturated heterocycles. The summed E-state index contributed by atoms with van der Waals surface area (Å²) in [5.74, 6) is 0.592. The van der Waals surface area contributed by atoms with E-state index >= 15 is 0 Å². The topological polar surface area (TPSA) is 42.7 Å². The van der Waals surface area contributed by atoms with Crippen LogP contribution in [-0.4, -0.2) is 27.1 Å². The third-order valence-corrected chi connectivity index (χ3v) is 3.65. The maximum absolute atomic E-state index is 4.21. The molecule has 0 spiro atoms. The van der Waals surface area contributed by atoms with Gasteiger partial charge in [-0.3, -0.25) is 4.68 Å². The summed E-state index contributed by atoms with van der Waals surface area (Å²) < 4.78 is 1.77. The van der Waals surface area contributed by atoms with Crippen LogP contribution in [0, 0.1) is 11.3 Å². The molecule has 1 atom stereocenters. The van der Waals surface area contributed by atoms with Gasteiger partial charge in [-0.15, -0.1) is 5.10 Å². The van der Waals surface area contributed by atoms with E-state index in [4.69, 9.17) is 0 Å². The first-order valence-electron chi connectivity index (χ1n) is 6.73. The predicted molar refractivity (Wildman–Crippen MR) is 75.4 cm³/mol. The van der Waals surface area contributed by atoms with Crippen molar-refractivity contribution in [2.24, 2.45) is 18.4 Å². The molecular formula is C14H28N4. The summed E-state index contributed by atoms with van der Waals surface area (Å²) in [6.07, 6.45) is 2.97. The van der Waals surface area contributed by atoms with Crippen molar-refractivity contribution in [3.63, 3.8) is 0 Å². The van der Waals surface area contributed by atoms with Gasteiger partial charge in [0.05, 0.1) is 5.69 Å². The molecule has 0 amide bonds. The van der Waals surface area contributed by atoms with Crippen LogP contribution in [0.5, 0.6) is 0 Å². The highest BCUT2D eigenvalue weighted by atomic mass is 15.4. The highest BCUT2D eigenvalue weighted by Crippen LogP contribution is 2.30. The van der Waals surface area contributed by atoms with Crippen molar-refractivity contribution < 1.29 is 0 Å². The molecule has 1 heterocycles. The lowest BCUT2D eigenvalue weighted by atomic mass is 9.75. The van der Waals surface area contributed by atoms with Gasteiger partial charge in [0.25, 0.3) is 0 Å². The number of rotatable bonds is 5. The molecule has 0 radical (unpaired) electrons. The lowest BCUT2D eigenvalue weighted by molar-refractivity contribution is 0.186. The van der Waals surface area contributed by atoms with Crippen molar-refractivity contribution in [2.75, 3.05) is 6.54 Å². The van der Waals surface area contributed by atoms with E-state index in [1.165, 1.54) is 0 Å². The van der Waals surface area contributed by atoms with Gasteiger partial charge in [-0.25, -0.2) is 0 Å². The second-order valence-electron chi connectivity index (χ2n) is 6.97. The molecule has 1 rings (SSSR count). The maximum Gasteiger partial charge on any atom is 0.0833 e. The Hall–Kier alpha value is -0.900. The fourth-order valence-corrected chi connectivity index (χ4v) is 1.83. The van der Waals surface area contributed by atoms with Crippen molar-refractivity contribution >= 4 is 0 Å². The van der Waals surface area contributed by atoms with Gasteiger partial charge in [0.1, 0.15) is 0 Å². The van der Waals surface area contributed by atoms with Crippen LogP contribution in [0.1, 0.15) is 47.2 Å². The van der Waals surface area contributed by atoms with E-state index in [0.29, 0.717) is 5.92 Å². The first-order valence-corrected chi connectivity index (χ1v) is 6.73. The Morgan fingerprint density at radius 2 is 1.89 bits per heavy atom. The first-order chi connectivity index (χ1) is 8.12. The molecule has 18 heavy (non-hydrogen) atoms. The van der Waals surface area contributed by atoms with E-state index in [0.717, 1.165) is 18.7 Å². The summed E-state index contributed by atoms with van der Waals surface area (Å²) in [5, 5.41) is 11.8. The van der Waals surface area contributed by atoms with Crippen molar-refractivity contribution in [1.82, 2.24) is 20.3 Å². The van der Waals surface area contributed by atoms with E-state index in [2.05, 4.69) is 57.2 Å². The molecule has 0 saturated carbocycles. The average Bonchev–Trinajstić information content (AvgIpc) is 2.60. The molecule has 1 aromatic rings. The van der Waals surface area contributed by atoms with Gasteiger partial charge in [0.15, 0.2) is 0 Å². The number of aryl methyl sites for hydroxylation is 1.